The fraction of sp³-hybridized carbons (Fsp3) is 0.533. The highest BCUT2D eigenvalue weighted by Gasteiger charge is 2.30. The predicted octanol–water partition coefficient (Wildman–Crippen LogP) is 2.37. The summed E-state index contributed by atoms with van der Waals surface area (Å²) in [5.74, 6) is 6.63. The molecule has 20 heavy (non-hydrogen) atoms. The van der Waals surface area contributed by atoms with E-state index in [-0.39, 0.29) is 17.3 Å². The second kappa shape index (κ2) is 6.21. The molecule has 0 bridgehead atoms. The highest BCUT2D eigenvalue weighted by molar-refractivity contribution is 8.00. The molecule has 1 aliphatic rings. The number of carbonyl (C=O) groups excluding carboxylic acids is 1. The molecule has 1 saturated heterocycles. The number of aliphatic hydroxyl groups excluding tert-OH is 1. The van der Waals surface area contributed by atoms with Gasteiger partial charge in [-0.05, 0) is 32.4 Å². The fourth-order valence-corrected chi connectivity index (χ4v) is 4.30. The van der Waals surface area contributed by atoms with Gasteiger partial charge in [0.05, 0.1) is 9.75 Å². The molecule has 2 heterocycles. The van der Waals surface area contributed by atoms with Crippen molar-refractivity contribution < 1.29 is 9.90 Å². The van der Waals surface area contributed by atoms with Gasteiger partial charge in [0, 0.05) is 23.6 Å². The van der Waals surface area contributed by atoms with Crippen LogP contribution in [0.2, 0.25) is 0 Å². The average Bonchev–Trinajstić information content (AvgIpc) is 2.75. The summed E-state index contributed by atoms with van der Waals surface area (Å²) in [6, 6.07) is 1.91. The topological polar surface area (TPSA) is 40.5 Å². The van der Waals surface area contributed by atoms with Gasteiger partial charge >= 0.3 is 0 Å². The zero-order valence-corrected chi connectivity index (χ0v) is 13.7. The van der Waals surface area contributed by atoms with Gasteiger partial charge in [-0.25, -0.2) is 0 Å². The molecular formula is C15H19NO2S2. The van der Waals surface area contributed by atoms with E-state index in [9.17, 15) is 4.79 Å². The van der Waals surface area contributed by atoms with E-state index >= 15 is 0 Å². The van der Waals surface area contributed by atoms with Gasteiger partial charge in [-0.15, -0.1) is 11.3 Å². The molecule has 1 aromatic rings. The van der Waals surface area contributed by atoms with Crippen molar-refractivity contribution in [2.45, 2.75) is 25.5 Å². The largest absolute Gasteiger partial charge is 0.384 e. The molecule has 0 aliphatic carbocycles. The molecule has 3 nitrogen and oxygen atoms in total. The molecule has 1 N–H and O–H groups in total. The van der Waals surface area contributed by atoms with E-state index in [1.165, 1.54) is 11.3 Å². The Morgan fingerprint density at radius 3 is 2.95 bits per heavy atom. The van der Waals surface area contributed by atoms with Crippen LogP contribution >= 0.6 is 23.1 Å². The third kappa shape index (κ3) is 3.57. The molecule has 1 aliphatic heterocycles. The molecular weight excluding hydrogens is 290 g/mol. The van der Waals surface area contributed by atoms with Crippen LogP contribution in [0.1, 0.15) is 34.0 Å². The number of hydrogen-bond acceptors (Lipinski definition) is 4. The Bertz CT molecular complexity index is 566. The highest BCUT2D eigenvalue weighted by Crippen LogP contribution is 2.31. The van der Waals surface area contributed by atoms with Gasteiger partial charge in [-0.2, -0.15) is 11.8 Å². The zero-order chi connectivity index (χ0) is 14.8. The van der Waals surface area contributed by atoms with E-state index in [4.69, 9.17) is 5.11 Å². The minimum atomic E-state index is -0.155. The van der Waals surface area contributed by atoms with E-state index < -0.39 is 0 Å². The van der Waals surface area contributed by atoms with E-state index in [1.54, 1.807) is 0 Å². The molecule has 2 rings (SSSR count). The van der Waals surface area contributed by atoms with E-state index in [2.05, 4.69) is 25.7 Å². The quantitative estimate of drug-likeness (QED) is 0.810. The number of carbonyl (C=O) groups is 1. The smallest absolute Gasteiger partial charge is 0.264 e. The molecule has 1 aromatic heterocycles. The molecule has 108 valence electrons. The van der Waals surface area contributed by atoms with Gasteiger partial charge in [0.15, 0.2) is 0 Å². The molecule has 0 radical (unpaired) electrons. The first-order valence-electron chi connectivity index (χ1n) is 6.56. The summed E-state index contributed by atoms with van der Waals surface area (Å²) in [6.45, 7) is 7.74. The first-order valence-corrected chi connectivity index (χ1v) is 8.36. The zero-order valence-electron chi connectivity index (χ0n) is 12.0. The Hall–Kier alpha value is -0.960. The normalized spacial score (nSPS) is 17.5. The SMILES string of the molecule is Cc1cc(C(=O)N2CCSC(C)(C)C2)sc1C#CCO. The van der Waals surface area contributed by atoms with Gasteiger partial charge < -0.3 is 10.0 Å². The van der Waals surface area contributed by atoms with Crippen molar-refractivity contribution in [2.24, 2.45) is 0 Å². The standard InChI is InChI=1S/C15H19NO2S2/c1-11-9-13(20-12(11)5-4-7-17)14(18)16-6-8-19-15(2,3)10-16/h9,17H,6-8,10H2,1-3H3. The maximum absolute atomic E-state index is 12.6. The van der Waals surface area contributed by atoms with Gasteiger partial charge in [0.2, 0.25) is 0 Å². The van der Waals surface area contributed by atoms with Crippen LogP contribution in [0.3, 0.4) is 0 Å². The van der Waals surface area contributed by atoms with Crippen molar-refractivity contribution in [2.75, 3.05) is 25.4 Å². The van der Waals surface area contributed by atoms with Crippen LogP contribution in [-0.2, 0) is 0 Å². The Labute approximate surface area is 128 Å². The van der Waals surface area contributed by atoms with Crippen molar-refractivity contribution in [3.63, 3.8) is 0 Å². The van der Waals surface area contributed by atoms with Gasteiger partial charge in [-0.1, -0.05) is 11.8 Å². The van der Waals surface area contributed by atoms with Gasteiger partial charge in [0.1, 0.15) is 6.61 Å². The van der Waals surface area contributed by atoms with E-state index in [1.807, 2.05) is 29.7 Å². The molecule has 0 aromatic carbocycles. The number of nitrogens with zero attached hydrogens (tertiary/aromatic N) is 1. The lowest BCUT2D eigenvalue weighted by molar-refractivity contribution is 0.0753. The summed E-state index contributed by atoms with van der Waals surface area (Å²) in [7, 11) is 0. The third-order valence-electron chi connectivity index (χ3n) is 3.12. The highest BCUT2D eigenvalue weighted by atomic mass is 32.2. The third-order valence-corrected chi connectivity index (χ3v) is 5.56. The molecule has 0 spiro atoms. The van der Waals surface area contributed by atoms with Crippen LogP contribution in [0.25, 0.3) is 0 Å². The summed E-state index contributed by atoms with van der Waals surface area (Å²) >= 11 is 3.33. The van der Waals surface area contributed by atoms with Crippen molar-refractivity contribution in [3.8, 4) is 11.8 Å². The molecule has 0 unspecified atom stereocenters. The van der Waals surface area contributed by atoms with Crippen LogP contribution in [0.4, 0.5) is 0 Å². The molecule has 5 heteroatoms. The minimum absolute atomic E-state index is 0.100. The Morgan fingerprint density at radius 2 is 2.30 bits per heavy atom. The average molecular weight is 309 g/mol. The summed E-state index contributed by atoms with van der Waals surface area (Å²) < 4.78 is 0.125. The van der Waals surface area contributed by atoms with Crippen LogP contribution in [0.5, 0.6) is 0 Å². The van der Waals surface area contributed by atoms with Crippen LogP contribution in [-0.4, -0.2) is 46.1 Å². The number of aryl methyl sites for hydroxylation is 1. The monoisotopic (exact) mass is 309 g/mol. The lowest BCUT2D eigenvalue weighted by Crippen LogP contribution is -2.45. The first kappa shape index (κ1) is 15.4. The number of hydrogen-bond donors (Lipinski definition) is 1. The van der Waals surface area contributed by atoms with Gasteiger partial charge in [-0.3, -0.25) is 4.79 Å². The van der Waals surface area contributed by atoms with Crippen molar-refractivity contribution >= 4 is 29.0 Å². The summed E-state index contributed by atoms with van der Waals surface area (Å²) in [5.41, 5.74) is 1.00. The Morgan fingerprint density at radius 1 is 1.55 bits per heavy atom. The number of rotatable bonds is 1. The molecule has 0 saturated carbocycles. The van der Waals surface area contributed by atoms with Crippen molar-refractivity contribution in [1.29, 1.82) is 0 Å². The van der Waals surface area contributed by atoms with E-state index in [0.717, 1.165) is 34.2 Å². The number of amides is 1. The van der Waals surface area contributed by atoms with Crippen LogP contribution < -0.4 is 0 Å². The summed E-state index contributed by atoms with van der Waals surface area (Å²) in [4.78, 5) is 16.1. The Kier molecular flexibility index (Phi) is 4.79. The lowest BCUT2D eigenvalue weighted by atomic mass is 10.1. The summed E-state index contributed by atoms with van der Waals surface area (Å²) in [5, 5.41) is 8.75. The van der Waals surface area contributed by atoms with Crippen molar-refractivity contribution in [1.82, 2.24) is 4.90 Å². The second-order valence-electron chi connectivity index (χ2n) is 5.42. The predicted molar refractivity (Wildman–Crippen MR) is 85.5 cm³/mol. The number of thiophene rings is 1. The van der Waals surface area contributed by atoms with Gasteiger partial charge in [0.25, 0.3) is 5.91 Å². The molecule has 1 fully saturated rings. The minimum Gasteiger partial charge on any atom is -0.384 e. The number of thioether (sulfide) groups is 1. The lowest BCUT2D eigenvalue weighted by Gasteiger charge is -2.37. The van der Waals surface area contributed by atoms with E-state index in [0.29, 0.717) is 0 Å². The molecule has 0 atom stereocenters. The maximum Gasteiger partial charge on any atom is 0.264 e. The Balaban J connectivity index is 2.17. The summed E-state index contributed by atoms with van der Waals surface area (Å²) in [6.07, 6.45) is 0. The van der Waals surface area contributed by atoms with Crippen molar-refractivity contribution in [3.05, 3.63) is 21.4 Å². The first-order chi connectivity index (χ1) is 9.43. The maximum atomic E-state index is 12.6. The fourth-order valence-electron chi connectivity index (χ4n) is 2.18. The number of aliphatic hydroxyl groups is 1. The second-order valence-corrected chi connectivity index (χ2v) is 8.27. The van der Waals surface area contributed by atoms with Crippen LogP contribution in [0, 0.1) is 18.8 Å². The molecule has 1 amide bonds. The van der Waals surface area contributed by atoms with Crippen LogP contribution in [0.15, 0.2) is 6.07 Å².